The molecule has 0 aliphatic carbocycles. The minimum absolute atomic E-state index is 0.222. The lowest BCUT2D eigenvalue weighted by Crippen LogP contribution is -2.28. The Bertz CT molecular complexity index is 428. The summed E-state index contributed by atoms with van der Waals surface area (Å²) < 4.78 is 0. The molecule has 1 rings (SSSR count). The Morgan fingerprint density at radius 2 is 1.75 bits per heavy atom. The number of hydrogen-bond acceptors (Lipinski definition) is 1. The van der Waals surface area contributed by atoms with Gasteiger partial charge in [0.15, 0.2) is 0 Å². The maximum Gasteiger partial charge on any atom is 0.0108 e. The predicted molar refractivity (Wildman–Crippen MR) is 90.6 cm³/mol. The molecular weight excluding hydrogens is 242 g/mol. The van der Waals surface area contributed by atoms with Gasteiger partial charge >= 0.3 is 0 Å². The highest BCUT2D eigenvalue weighted by Crippen LogP contribution is 2.27. The number of hydrogen-bond donors (Lipinski definition) is 1. The van der Waals surface area contributed by atoms with Gasteiger partial charge in [-0.15, -0.1) is 6.58 Å². The van der Waals surface area contributed by atoms with Gasteiger partial charge in [0.25, 0.3) is 0 Å². The highest BCUT2D eigenvalue weighted by molar-refractivity contribution is 5.41. The second kappa shape index (κ2) is 7.08. The van der Waals surface area contributed by atoms with Crippen LogP contribution in [0.3, 0.4) is 0 Å². The van der Waals surface area contributed by atoms with E-state index in [4.69, 9.17) is 0 Å². The topological polar surface area (TPSA) is 12.0 Å². The molecule has 0 fully saturated rings. The fourth-order valence-corrected chi connectivity index (χ4v) is 2.66. The van der Waals surface area contributed by atoms with Gasteiger partial charge < -0.3 is 5.32 Å². The van der Waals surface area contributed by atoms with Crippen molar-refractivity contribution in [2.45, 2.75) is 65.3 Å². The van der Waals surface area contributed by atoms with Crippen LogP contribution < -0.4 is 5.32 Å². The first kappa shape index (κ1) is 17.0. The molecule has 0 radical (unpaired) electrons. The lowest BCUT2D eigenvalue weighted by Gasteiger charge is -2.24. The molecule has 0 aliphatic rings. The molecule has 0 bridgehead atoms. The number of rotatable bonds is 6. The molecular formula is C19H31N. The van der Waals surface area contributed by atoms with Crippen molar-refractivity contribution in [2.24, 2.45) is 0 Å². The molecule has 20 heavy (non-hydrogen) atoms. The van der Waals surface area contributed by atoms with Crippen molar-refractivity contribution in [1.82, 2.24) is 5.32 Å². The van der Waals surface area contributed by atoms with E-state index in [1.807, 2.05) is 6.08 Å². The molecule has 112 valence electrons. The summed E-state index contributed by atoms with van der Waals surface area (Å²) >= 11 is 0. The molecule has 1 aromatic rings. The van der Waals surface area contributed by atoms with Gasteiger partial charge in [0, 0.05) is 6.04 Å². The van der Waals surface area contributed by atoms with Crippen molar-refractivity contribution < 1.29 is 0 Å². The molecule has 1 aromatic carbocycles. The van der Waals surface area contributed by atoms with Gasteiger partial charge in [0.1, 0.15) is 0 Å². The summed E-state index contributed by atoms with van der Waals surface area (Å²) in [6.45, 7) is 15.2. The van der Waals surface area contributed by atoms with Crippen LogP contribution in [0.5, 0.6) is 0 Å². The van der Waals surface area contributed by atoms with Crippen molar-refractivity contribution in [2.75, 3.05) is 7.05 Å². The highest BCUT2D eigenvalue weighted by Gasteiger charge is 2.17. The third-order valence-corrected chi connectivity index (χ3v) is 4.14. The van der Waals surface area contributed by atoms with Gasteiger partial charge in [0.05, 0.1) is 0 Å². The minimum atomic E-state index is 0.222. The summed E-state index contributed by atoms with van der Waals surface area (Å²) in [6, 6.07) is 5.26. The highest BCUT2D eigenvalue weighted by atomic mass is 14.9. The Morgan fingerprint density at radius 1 is 1.20 bits per heavy atom. The van der Waals surface area contributed by atoms with Crippen LogP contribution in [-0.2, 0) is 11.8 Å². The van der Waals surface area contributed by atoms with Crippen LogP contribution in [0.25, 0.3) is 0 Å². The van der Waals surface area contributed by atoms with Crippen LogP contribution in [0.15, 0.2) is 24.8 Å². The van der Waals surface area contributed by atoms with Crippen molar-refractivity contribution >= 4 is 0 Å². The average Bonchev–Trinajstić information content (AvgIpc) is 2.36. The van der Waals surface area contributed by atoms with Gasteiger partial charge in [-0.2, -0.15) is 0 Å². The van der Waals surface area contributed by atoms with E-state index in [-0.39, 0.29) is 5.41 Å². The molecule has 0 heterocycles. The molecule has 1 N–H and O–H groups in total. The smallest absolute Gasteiger partial charge is 0.0108 e. The molecule has 1 heteroatoms. The van der Waals surface area contributed by atoms with E-state index < -0.39 is 0 Å². The second-order valence-electron chi connectivity index (χ2n) is 6.89. The lowest BCUT2D eigenvalue weighted by atomic mass is 9.82. The van der Waals surface area contributed by atoms with E-state index in [1.165, 1.54) is 22.3 Å². The lowest BCUT2D eigenvalue weighted by molar-refractivity contribution is 0.522. The summed E-state index contributed by atoms with van der Waals surface area (Å²) in [4.78, 5) is 0. The zero-order valence-electron chi connectivity index (χ0n) is 14.1. The number of nitrogens with one attached hydrogen (secondary N) is 1. The Kier molecular flexibility index (Phi) is 6.01. The largest absolute Gasteiger partial charge is 0.317 e. The summed E-state index contributed by atoms with van der Waals surface area (Å²) in [6.07, 6.45) is 5.34. The van der Waals surface area contributed by atoms with Crippen LogP contribution >= 0.6 is 0 Å². The standard InChI is InChI=1S/C19H31N/c1-8-9-10-17(20-7)13-18-14(2)11-16(12-15(18)3)19(4,5)6/h8,11-12,17,20H,1,9-10,13H2,2-7H3. The van der Waals surface area contributed by atoms with Gasteiger partial charge in [0.2, 0.25) is 0 Å². The summed E-state index contributed by atoms with van der Waals surface area (Å²) in [5, 5.41) is 3.44. The first-order valence-electron chi connectivity index (χ1n) is 7.68. The van der Waals surface area contributed by atoms with Crippen LogP contribution in [0.1, 0.15) is 55.9 Å². The van der Waals surface area contributed by atoms with E-state index in [9.17, 15) is 0 Å². The molecule has 0 spiro atoms. The molecule has 0 aromatic heterocycles. The number of aryl methyl sites for hydroxylation is 2. The summed E-state index contributed by atoms with van der Waals surface area (Å²) in [7, 11) is 2.06. The van der Waals surface area contributed by atoms with Crippen LogP contribution in [-0.4, -0.2) is 13.1 Å². The second-order valence-corrected chi connectivity index (χ2v) is 6.89. The molecule has 0 saturated heterocycles. The van der Waals surface area contributed by atoms with Crippen molar-refractivity contribution in [3.63, 3.8) is 0 Å². The van der Waals surface area contributed by atoms with Gasteiger partial charge in [-0.3, -0.25) is 0 Å². The molecule has 0 amide bonds. The predicted octanol–water partition coefficient (Wildman–Crippen LogP) is 4.70. The molecule has 1 nitrogen and oxygen atoms in total. The fourth-order valence-electron chi connectivity index (χ4n) is 2.66. The van der Waals surface area contributed by atoms with Crippen molar-refractivity contribution in [3.05, 3.63) is 47.0 Å². The SMILES string of the molecule is C=CCCC(Cc1c(C)cc(C(C)(C)C)cc1C)NC. The third kappa shape index (κ3) is 4.49. The maximum absolute atomic E-state index is 3.82. The fraction of sp³-hybridized carbons (Fsp3) is 0.579. The Balaban J connectivity index is 2.99. The Morgan fingerprint density at radius 3 is 2.15 bits per heavy atom. The first-order chi connectivity index (χ1) is 9.29. The van der Waals surface area contributed by atoms with Crippen molar-refractivity contribution in [1.29, 1.82) is 0 Å². The monoisotopic (exact) mass is 273 g/mol. The zero-order valence-corrected chi connectivity index (χ0v) is 14.1. The van der Waals surface area contributed by atoms with Crippen LogP contribution in [0.4, 0.5) is 0 Å². The van der Waals surface area contributed by atoms with E-state index >= 15 is 0 Å². The molecule has 0 aliphatic heterocycles. The normalized spacial score (nSPS) is 13.3. The molecule has 1 atom stereocenters. The Labute approximate surface area is 125 Å². The zero-order chi connectivity index (χ0) is 15.3. The minimum Gasteiger partial charge on any atom is -0.317 e. The van der Waals surface area contributed by atoms with Crippen molar-refractivity contribution in [3.8, 4) is 0 Å². The quantitative estimate of drug-likeness (QED) is 0.741. The van der Waals surface area contributed by atoms with E-state index in [0.717, 1.165) is 19.3 Å². The summed E-state index contributed by atoms with van der Waals surface area (Å²) in [5.74, 6) is 0. The van der Waals surface area contributed by atoms with E-state index in [0.29, 0.717) is 6.04 Å². The first-order valence-corrected chi connectivity index (χ1v) is 7.68. The third-order valence-electron chi connectivity index (χ3n) is 4.14. The van der Waals surface area contributed by atoms with E-state index in [2.05, 4.69) is 65.7 Å². The number of likely N-dealkylation sites (N-methyl/N-ethyl adjacent to an activating group) is 1. The van der Waals surface area contributed by atoms with Gasteiger partial charge in [-0.05, 0) is 67.8 Å². The molecule has 0 saturated carbocycles. The number of allylic oxidation sites excluding steroid dienone is 1. The van der Waals surface area contributed by atoms with Gasteiger partial charge in [-0.1, -0.05) is 39.0 Å². The summed E-state index contributed by atoms with van der Waals surface area (Å²) in [5.41, 5.74) is 6.01. The Hall–Kier alpha value is -1.08. The van der Waals surface area contributed by atoms with Crippen LogP contribution in [0, 0.1) is 13.8 Å². The van der Waals surface area contributed by atoms with Gasteiger partial charge in [-0.25, -0.2) is 0 Å². The average molecular weight is 273 g/mol. The number of benzene rings is 1. The maximum atomic E-state index is 3.82. The molecule has 1 unspecified atom stereocenters. The van der Waals surface area contributed by atoms with Crippen LogP contribution in [0.2, 0.25) is 0 Å². The van der Waals surface area contributed by atoms with E-state index in [1.54, 1.807) is 0 Å².